The largest absolute Gasteiger partial charge is 0.455 e. The van der Waals surface area contributed by atoms with Crippen molar-refractivity contribution in [1.29, 1.82) is 0 Å². The minimum atomic E-state index is -3.52. The third kappa shape index (κ3) is 4.99. The van der Waals surface area contributed by atoms with Crippen LogP contribution in [0.1, 0.15) is 0 Å². The number of anilines is 3. The molecule has 0 spiro atoms. The van der Waals surface area contributed by atoms with Crippen molar-refractivity contribution < 1.29 is 13.2 Å². The van der Waals surface area contributed by atoms with Crippen molar-refractivity contribution in [2.45, 2.75) is 0 Å². The number of hydrogen-bond donors (Lipinski definition) is 2. The lowest BCUT2D eigenvalue weighted by Gasteiger charge is -2.15. The standard InChI is InChI=1S/C20H21N3O3S/c1-23(2)27(24,25)22-17-14-12-16(13-15-17)21-19-10-6-7-11-20(19)26-18-8-4-3-5-9-18/h3-15,21-22H,1-2H3. The van der Waals surface area contributed by atoms with Crippen LogP contribution in [0.4, 0.5) is 17.1 Å². The van der Waals surface area contributed by atoms with E-state index in [0.29, 0.717) is 11.4 Å². The van der Waals surface area contributed by atoms with Gasteiger partial charge in [-0.3, -0.25) is 4.72 Å². The molecular formula is C20H21N3O3S. The quantitative estimate of drug-likeness (QED) is 0.633. The van der Waals surface area contributed by atoms with Crippen LogP contribution in [0.25, 0.3) is 0 Å². The Morgan fingerprint density at radius 3 is 2.04 bits per heavy atom. The summed E-state index contributed by atoms with van der Waals surface area (Å²) in [5.74, 6) is 1.45. The lowest BCUT2D eigenvalue weighted by molar-refractivity contribution is 0.485. The minimum Gasteiger partial charge on any atom is -0.455 e. The average Bonchev–Trinajstić information content (AvgIpc) is 2.65. The summed E-state index contributed by atoms with van der Waals surface area (Å²) in [6.45, 7) is 0. The van der Waals surface area contributed by atoms with E-state index in [1.807, 2.05) is 54.6 Å². The average molecular weight is 383 g/mol. The third-order valence-electron chi connectivity index (χ3n) is 3.75. The summed E-state index contributed by atoms with van der Waals surface area (Å²) < 4.78 is 33.3. The second-order valence-electron chi connectivity index (χ2n) is 6.00. The number of para-hydroxylation sites is 3. The molecule has 0 amide bonds. The maximum atomic E-state index is 11.9. The number of benzene rings is 3. The van der Waals surface area contributed by atoms with Crippen LogP contribution in [-0.2, 0) is 10.2 Å². The van der Waals surface area contributed by atoms with Gasteiger partial charge in [-0.2, -0.15) is 12.7 Å². The van der Waals surface area contributed by atoms with Gasteiger partial charge in [-0.25, -0.2) is 0 Å². The highest BCUT2D eigenvalue weighted by molar-refractivity contribution is 7.90. The van der Waals surface area contributed by atoms with E-state index in [-0.39, 0.29) is 0 Å². The number of rotatable bonds is 7. The van der Waals surface area contributed by atoms with Crippen LogP contribution in [0, 0.1) is 0 Å². The molecule has 3 rings (SSSR count). The Kier molecular flexibility index (Phi) is 5.63. The summed E-state index contributed by atoms with van der Waals surface area (Å²) >= 11 is 0. The van der Waals surface area contributed by atoms with Gasteiger partial charge in [0.1, 0.15) is 5.75 Å². The molecule has 2 N–H and O–H groups in total. The molecule has 6 nitrogen and oxygen atoms in total. The van der Waals surface area contributed by atoms with Crippen molar-refractivity contribution in [2.75, 3.05) is 24.1 Å². The van der Waals surface area contributed by atoms with Crippen LogP contribution in [0.5, 0.6) is 11.5 Å². The summed E-state index contributed by atoms with van der Waals surface area (Å²) in [6.07, 6.45) is 0. The van der Waals surface area contributed by atoms with Crippen molar-refractivity contribution >= 4 is 27.3 Å². The lowest BCUT2D eigenvalue weighted by Crippen LogP contribution is -2.28. The fraction of sp³-hybridized carbons (Fsp3) is 0.100. The van der Waals surface area contributed by atoms with Crippen molar-refractivity contribution in [3.8, 4) is 11.5 Å². The van der Waals surface area contributed by atoms with Crippen LogP contribution < -0.4 is 14.8 Å². The molecule has 0 fully saturated rings. The number of ether oxygens (including phenoxy) is 1. The normalized spacial score (nSPS) is 11.2. The molecule has 3 aromatic rings. The molecule has 7 heteroatoms. The Morgan fingerprint density at radius 2 is 1.37 bits per heavy atom. The van der Waals surface area contributed by atoms with Crippen LogP contribution >= 0.6 is 0 Å². The van der Waals surface area contributed by atoms with Gasteiger partial charge in [0.2, 0.25) is 0 Å². The third-order valence-corrected chi connectivity index (χ3v) is 5.20. The molecule has 0 aliphatic heterocycles. The second kappa shape index (κ2) is 8.11. The fourth-order valence-electron chi connectivity index (χ4n) is 2.29. The predicted octanol–water partition coefficient (Wildman–Crippen LogP) is 4.44. The Hall–Kier alpha value is -3.03. The first-order valence-electron chi connectivity index (χ1n) is 8.33. The highest BCUT2D eigenvalue weighted by Gasteiger charge is 2.12. The zero-order valence-corrected chi connectivity index (χ0v) is 15.9. The van der Waals surface area contributed by atoms with Crippen LogP contribution in [-0.4, -0.2) is 26.8 Å². The molecule has 3 aromatic carbocycles. The Balaban J connectivity index is 1.74. The van der Waals surface area contributed by atoms with Gasteiger partial charge >= 0.3 is 10.2 Å². The summed E-state index contributed by atoms with van der Waals surface area (Å²) in [5, 5.41) is 3.29. The predicted molar refractivity (Wildman–Crippen MR) is 109 cm³/mol. The van der Waals surface area contributed by atoms with Crippen molar-refractivity contribution in [3.05, 3.63) is 78.9 Å². The second-order valence-corrected chi connectivity index (χ2v) is 7.89. The SMILES string of the molecule is CN(C)S(=O)(=O)Nc1ccc(Nc2ccccc2Oc2ccccc2)cc1. The van der Waals surface area contributed by atoms with Gasteiger partial charge in [-0.15, -0.1) is 0 Å². The maximum Gasteiger partial charge on any atom is 0.301 e. The molecule has 0 radical (unpaired) electrons. The summed E-state index contributed by atoms with van der Waals surface area (Å²) in [4.78, 5) is 0. The van der Waals surface area contributed by atoms with Crippen LogP contribution in [0.3, 0.4) is 0 Å². The van der Waals surface area contributed by atoms with E-state index >= 15 is 0 Å². The molecule has 0 aliphatic rings. The van der Waals surface area contributed by atoms with Crippen LogP contribution in [0.15, 0.2) is 78.9 Å². The Morgan fingerprint density at radius 1 is 0.778 bits per heavy atom. The van der Waals surface area contributed by atoms with Gasteiger partial charge in [-0.05, 0) is 48.5 Å². The minimum absolute atomic E-state index is 0.489. The molecule has 0 saturated heterocycles. The molecule has 0 saturated carbocycles. The zero-order valence-electron chi connectivity index (χ0n) is 15.1. The smallest absolute Gasteiger partial charge is 0.301 e. The molecule has 0 unspecified atom stereocenters. The van der Waals surface area contributed by atoms with E-state index in [1.165, 1.54) is 14.1 Å². The number of nitrogens with zero attached hydrogens (tertiary/aromatic N) is 1. The van der Waals surface area contributed by atoms with E-state index < -0.39 is 10.2 Å². The molecule has 0 atom stereocenters. The Bertz CT molecular complexity index is 988. The van der Waals surface area contributed by atoms with Gasteiger partial charge in [0.15, 0.2) is 5.75 Å². The van der Waals surface area contributed by atoms with E-state index in [2.05, 4.69) is 10.0 Å². The van der Waals surface area contributed by atoms with E-state index in [9.17, 15) is 8.42 Å². The molecule has 27 heavy (non-hydrogen) atoms. The first kappa shape index (κ1) is 18.8. The highest BCUT2D eigenvalue weighted by Crippen LogP contribution is 2.31. The molecule has 0 heterocycles. The van der Waals surface area contributed by atoms with E-state index in [0.717, 1.165) is 21.4 Å². The lowest BCUT2D eigenvalue weighted by atomic mass is 10.2. The first-order valence-corrected chi connectivity index (χ1v) is 9.77. The number of nitrogens with one attached hydrogen (secondary N) is 2. The molecule has 0 aliphatic carbocycles. The highest BCUT2D eigenvalue weighted by atomic mass is 32.2. The molecule has 0 aromatic heterocycles. The Labute approximate surface area is 159 Å². The van der Waals surface area contributed by atoms with Gasteiger partial charge in [0.25, 0.3) is 0 Å². The first-order chi connectivity index (χ1) is 12.9. The topological polar surface area (TPSA) is 70.7 Å². The maximum absolute atomic E-state index is 11.9. The molecule has 0 bridgehead atoms. The summed E-state index contributed by atoms with van der Waals surface area (Å²) in [5.41, 5.74) is 2.11. The van der Waals surface area contributed by atoms with Crippen LogP contribution in [0.2, 0.25) is 0 Å². The molecular weight excluding hydrogens is 362 g/mol. The van der Waals surface area contributed by atoms with Gasteiger partial charge in [0, 0.05) is 25.5 Å². The molecule has 140 valence electrons. The van der Waals surface area contributed by atoms with E-state index in [1.54, 1.807) is 24.3 Å². The van der Waals surface area contributed by atoms with Gasteiger partial charge in [0.05, 0.1) is 5.69 Å². The fourth-order valence-corrected chi connectivity index (χ4v) is 2.91. The monoisotopic (exact) mass is 383 g/mol. The van der Waals surface area contributed by atoms with Crippen molar-refractivity contribution in [2.24, 2.45) is 0 Å². The van der Waals surface area contributed by atoms with Crippen molar-refractivity contribution in [3.63, 3.8) is 0 Å². The van der Waals surface area contributed by atoms with Gasteiger partial charge < -0.3 is 10.1 Å². The zero-order chi connectivity index (χ0) is 19.3. The van der Waals surface area contributed by atoms with E-state index in [4.69, 9.17) is 4.74 Å². The summed E-state index contributed by atoms with van der Waals surface area (Å²) in [7, 11) is -0.573. The van der Waals surface area contributed by atoms with Gasteiger partial charge in [-0.1, -0.05) is 30.3 Å². The van der Waals surface area contributed by atoms with Crippen molar-refractivity contribution in [1.82, 2.24) is 4.31 Å². The number of hydrogen-bond acceptors (Lipinski definition) is 4. The summed E-state index contributed by atoms with van der Waals surface area (Å²) in [6, 6.07) is 24.2.